The molecule has 1 N–H and O–H groups in total. The van der Waals surface area contributed by atoms with Crippen molar-refractivity contribution in [2.24, 2.45) is 5.92 Å². The fourth-order valence-electron chi connectivity index (χ4n) is 2.66. The molecule has 1 aliphatic rings. The lowest BCUT2D eigenvalue weighted by molar-refractivity contribution is 0.562. The van der Waals surface area contributed by atoms with Gasteiger partial charge in [0.05, 0.1) is 0 Å². The monoisotopic (exact) mass is 273 g/mol. The summed E-state index contributed by atoms with van der Waals surface area (Å²) in [6.45, 7) is 4.26. The maximum Gasteiger partial charge on any atom is 0.190 e. The van der Waals surface area contributed by atoms with Gasteiger partial charge >= 0.3 is 0 Å². The molecule has 0 fully saturated rings. The number of anilines is 2. The molecule has 1 atom stereocenters. The highest BCUT2D eigenvalue weighted by Crippen LogP contribution is 2.36. The van der Waals surface area contributed by atoms with Crippen LogP contribution < -0.4 is 10.2 Å². The smallest absolute Gasteiger partial charge is 0.190 e. The molecule has 0 amide bonds. The Balaban J connectivity index is 1.95. The lowest BCUT2D eigenvalue weighted by atomic mass is 9.94. The van der Waals surface area contributed by atoms with Crippen LogP contribution in [0.25, 0.3) is 0 Å². The van der Waals surface area contributed by atoms with Crippen molar-refractivity contribution >= 4 is 22.2 Å². The maximum atomic E-state index is 4.60. The number of para-hydroxylation sites is 1. The molecule has 3 nitrogen and oxygen atoms in total. The van der Waals surface area contributed by atoms with Crippen LogP contribution in [0.15, 0.2) is 30.5 Å². The summed E-state index contributed by atoms with van der Waals surface area (Å²) < 4.78 is 0. The standard InChI is InChI=1S/C15H19N3S/c1-11-7-12-5-3-4-6-14(12)18(10-11)15-17-9-13(19-15)8-16-2/h3-6,9,11,16H,7-8,10H2,1-2H3. The molecule has 0 spiro atoms. The average molecular weight is 273 g/mol. The molecule has 1 unspecified atom stereocenters. The van der Waals surface area contributed by atoms with E-state index in [1.165, 1.54) is 22.5 Å². The van der Waals surface area contributed by atoms with Crippen molar-refractivity contribution in [3.8, 4) is 0 Å². The van der Waals surface area contributed by atoms with E-state index in [1.54, 1.807) is 11.3 Å². The second kappa shape index (κ2) is 5.31. The third kappa shape index (κ3) is 2.51. The molecule has 0 saturated carbocycles. The van der Waals surface area contributed by atoms with E-state index in [1.807, 2.05) is 13.2 Å². The summed E-state index contributed by atoms with van der Waals surface area (Å²) in [5.74, 6) is 0.673. The molecule has 0 radical (unpaired) electrons. The summed E-state index contributed by atoms with van der Waals surface area (Å²) in [4.78, 5) is 8.25. The van der Waals surface area contributed by atoms with E-state index < -0.39 is 0 Å². The average Bonchev–Trinajstić information content (AvgIpc) is 2.86. The van der Waals surface area contributed by atoms with Gasteiger partial charge in [0, 0.05) is 29.9 Å². The largest absolute Gasteiger partial charge is 0.317 e. The van der Waals surface area contributed by atoms with Gasteiger partial charge in [0.2, 0.25) is 0 Å². The summed E-state index contributed by atoms with van der Waals surface area (Å²) in [5.41, 5.74) is 2.76. The first-order valence-corrected chi connectivity index (χ1v) is 7.54. The molecular formula is C15H19N3S. The van der Waals surface area contributed by atoms with Crippen molar-refractivity contribution in [2.75, 3.05) is 18.5 Å². The molecule has 2 aromatic rings. The van der Waals surface area contributed by atoms with E-state index in [4.69, 9.17) is 0 Å². The third-order valence-electron chi connectivity index (χ3n) is 3.47. The molecule has 2 heterocycles. The Kier molecular flexibility index (Phi) is 3.53. The highest BCUT2D eigenvalue weighted by Gasteiger charge is 2.24. The SMILES string of the molecule is CNCc1cnc(N2CC(C)Cc3ccccc32)s1. The Bertz CT molecular complexity index is 564. The quantitative estimate of drug-likeness (QED) is 0.931. The van der Waals surface area contributed by atoms with Gasteiger partial charge in [0.1, 0.15) is 0 Å². The van der Waals surface area contributed by atoms with Crippen molar-refractivity contribution in [1.29, 1.82) is 0 Å². The Hall–Kier alpha value is -1.39. The van der Waals surface area contributed by atoms with Crippen LogP contribution in [-0.2, 0) is 13.0 Å². The van der Waals surface area contributed by atoms with Crippen LogP contribution in [0.1, 0.15) is 17.4 Å². The van der Waals surface area contributed by atoms with Gasteiger partial charge in [0.15, 0.2) is 5.13 Å². The summed E-state index contributed by atoms with van der Waals surface area (Å²) >= 11 is 1.78. The molecule has 19 heavy (non-hydrogen) atoms. The van der Waals surface area contributed by atoms with Crippen molar-refractivity contribution < 1.29 is 0 Å². The Morgan fingerprint density at radius 1 is 1.42 bits per heavy atom. The minimum atomic E-state index is 0.673. The van der Waals surface area contributed by atoms with Crippen LogP contribution in [0.4, 0.5) is 10.8 Å². The topological polar surface area (TPSA) is 28.2 Å². The lowest BCUT2D eigenvalue weighted by Crippen LogP contribution is -2.30. The second-order valence-corrected chi connectivity index (χ2v) is 6.28. The number of benzene rings is 1. The minimum Gasteiger partial charge on any atom is -0.317 e. The van der Waals surface area contributed by atoms with E-state index in [9.17, 15) is 0 Å². The first kappa shape index (κ1) is 12.6. The molecule has 0 aliphatic carbocycles. The van der Waals surface area contributed by atoms with Crippen LogP contribution in [0, 0.1) is 5.92 Å². The van der Waals surface area contributed by atoms with Gasteiger partial charge in [-0.25, -0.2) is 4.98 Å². The van der Waals surface area contributed by atoms with E-state index in [0.717, 1.165) is 18.2 Å². The molecular weight excluding hydrogens is 254 g/mol. The number of thiazole rings is 1. The van der Waals surface area contributed by atoms with E-state index in [2.05, 4.69) is 46.4 Å². The molecule has 0 bridgehead atoms. The highest BCUT2D eigenvalue weighted by molar-refractivity contribution is 7.15. The van der Waals surface area contributed by atoms with E-state index in [-0.39, 0.29) is 0 Å². The van der Waals surface area contributed by atoms with Crippen molar-refractivity contribution in [2.45, 2.75) is 19.9 Å². The van der Waals surface area contributed by atoms with Gasteiger partial charge in [-0.1, -0.05) is 25.1 Å². The Morgan fingerprint density at radius 2 is 2.26 bits per heavy atom. The first-order valence-electron chi connectivity index (χ1n) is 6.72. The number of fused-ring (bicyclic) bond motifs is 1. The van der Waals surface area contributed by atoms with Crippen molar-refractivity contribution in [1.82, 2.24) is 10.3 Å². The van der Waals surface area contributed by atoms with Crippen LogP contribution >= 0.6 is 11.3 Å². The first-order chi connectivity index (χ1) is 9.28. The summed E-state index contributed by atoms with van der Waals surface area (Å²) in [7, 11) is 1.97. The predicted molar refractivity (Wildman–Crippen MR) is 81.2 cm³/mol. The van der Waals surface area contributed by atoms with E-state index in [0.29, 0.717) is 5.92 Å². The Morgan fingerprint density at radius 3 is 3.11 bits per heavy atom. The number of rotatable bonds is 3. The van der Waals surface area contributed by atoms with Gasteiger partial charge in [-0.3, -0.25) is 0 Å². The fraction of sp³-hybridized carbons (Fsp3) is 0.400. The molecule has 1 aromatic heterocycles. The highest BCUT2D eigenvalue weighted by atomic mass is 32.1. The fourth-order valence-corrected chi connectivity index (χ4v) is 3.60. The van der Waals surface area contributed by atoms with Crippen LogP contribution in [0.2, 0.25) is 0 Å². The van der Waals surface area contributed by atoms with Crippen LogP contribution in [-0.4, -0.2) is 18.6 Å². The van der Waals surface area contributed by atoms with Crippen LogP contribution in [0.3, 0.4) is 0 Å². The number of hydrogen-bond donors (Lipinski definition) is 1. The lowest BCUT2D eigenvalue weighted by Gasteiger charge is -2.32. The Labute approximate surface area is 118 Å². The van der Waals surface area contributed by atoms with Crippen LogP contribution in [0.5, 0.6) is 0 Å². The molecule has 0 saturated heterocycles. The van der Waals surface area contributed by atoms with Crippen molar-refractivity contribution in [3.63, 3.8) is 0 Å². The molecule has 4 heteroatoms. The summed E-state index contributed by atoms with van der Waals surface area (Å²) in [6, 6.07) is 8.69. The van der Waals surface area contributed by atoms with Gasteiger partial charge < -0.3 is 10.2 Å². The zero-order valence-corrected chi connectivity index (χ0v) is 12.2. The van der Waals surface area contributed by atoms with Crippen molar-refractivity contribution in [3.05, 3.63) is 40.9 Å². The van der Waals surface area contributed by atoms with Gasteiger partial charge in [-0.15, -0.1) is 11.3 Å². The number of aromatic nitrogens is 1. The second-order valence-electron chi connectivity index (χ2n) is 5.19. The number of hydrogen-bond acceptors (Lipinski definition) is 4. The minimum absolute atomic E-state index is 0.673. The molecule has 3 rings (SSSR count). The predicted octanol–water partition coefficient (Wildman–Crippen LogP) is 3.19. The third-order valence-corrected chi connectivity index (χ3v) is 4.49. The molecule has 1 aromatic carbocycles. The molecule has 1 aliphatic heterocycles. The van der Waals surface area contributed by atoms with E-state index >= 15 is 0 Å². The summed E-state index contributed by atoms with van der Waals surface area (Å²) in [6.07, 6.45) is 3.15. The zero-order chi connectivity index (χ0) is 13.2. The normalized spacial score (nSPS) is 18.4. The number of nitrogens with one attached hydrogen (secondary N) is 1. The maximum absolute atomic E-state index is 4.60. The summed E-state index contributed by atoms with van der Waals surface area (Å²) in [5, 5.41) is 4.30. The van der Waals surface area contributed by atoms with Gasteiger partial charge in [0.25, 0.3) is 0 Å². The number of nitrogens with zero attached hydrogens (tertiary/aromatic N) is 2. The van der Waals surface area contributed by atoms with Gasteiger partial charge in [-0.05, 0) is 31.0 Å². The van der Waals surface area contributed by atoms with Gasteiger partial charge in [-0.2, -0.15) is 0 Å². The molecule has 100 valence electrons. The zero-order valence-electron chi connectivity index (χ0n) is 11.4.